The summed E-state index contributed by atoms with van der Waals surface area (Å²) in [5.74, 6) is -2.87. The monoisotopic (exact) mass is 284 g/mol. The van der Waals surface area contributed by atoms with Gasteiger partial charge in [0.2, 0.25) is 0 Å². The summed E-state index contributed by atoms with van der Waals surface area (Å²) in [6, 6.07) is 2.92. The molecule has 0 radical (unpaired) electrons. The number of aromatic carboxylic acids is 1. The molecule has 1 aromatic rings. The number of halogens is 4. The van der Waals surface area contributed by atoms with E-state index in [0.29, 0.717) is 0 Å². The van der Waals surface area contributed by atoms with Gasteiger partial charge in [0.1, 0.15) is 0 Å². The second kappa shape index (κ2) is 5.94. The van der Waals surface area contributed by atoms with Crippen LogP contribution in [0, 0.1) is 5.82 Å². The molecule has 0 spiro atoms. The van der Waals surface area contributed by atoms with Crippen molar-refractivity contribution in [1.29, 1.82) is 0 Å². The van der Waals surface area contributed by atoms with Crippen molar-refractivity contribution < 1.29 is 32.2 Å². The summed E-state index contributed by atoms with van der Waals surface area (Å²) in [4.78, 5) is 10.5. The lowest BCUT2D eigenvalue weighted by Crippen LogP contribution is -2.08. The van der Waals surface area contributed by atoms with Gasteiger partial charge >= 0.3 is 11.5 Å². The zero-order valence-electron chi connectivity index (χ0n) is 8.83. The number of carboxylic acids is 1. The molecule has 18 heavy (non-hydrogen) atoms. The summed E-state index contributed by atoms with van der Waals surface area (Å²) in [5.41, 5.74) is -4.61. The van der Waals surface area contributed by atoms with Gasteiger partial charge in [-0.3, -0.25) is 0 Å². The highest BCUT2D eigenvalue weighted by atomic mass is 32.2. The Labute approximate surface area is 104 Å². The normalized spacial score (nSPS) is 11.3. The van der Waals surface area contributed by atoms with Crippen molar-refractivity contribution in [3.63, 3.8) is 0 Å². The van der Waals surface area contributed by atoms with Gasteiger partial charge in [0.15, 0.2) is 11.6 Å². The van der Waals surface area contributed by atoms with Crippen molar-refractivity contribution in [1.82, 2.24) is 0 Å². The Morgan fingerprint density at radius 1 is 1.39 bits per heavy atom. The van der Waals surface area contributed by atoms with E-state index in [4.69, 9.17) is 9.84 Å². The van der Waals surface area contributed by atoms with E-state index in [9.17, 15) is 22.4 Å². The van der Waals surface area contributed by atoms with Crippen LogP contribution in [0.5, 0.6) is 5.75 Å². The molecule has 1 rings (SSSR count). The molecule has 0 saturated carbocycles. The Morgan fingerprint density at radius 2 is 2.06 bits per heavy atom. The van der Waals surface area contributed by atoms with Crippen LogP contribution in [-0.2, 0) is 0 Å². The minimum absolute atomic E-state index is 0.260. The van der Waals surface area contributed by atoms with Crippen LogP contribution in [-0.4, -0.2) is 28.9 Å². The number of benzene rings is 1. The van der Waals surface area contributed by atoms with E-state index in [1.54, 1.807) is 0 Å². The van der Waals surface area contributed by atoms with Gasteiger partial charge in [0.05, 0.1) is 12.2 Å². The first-order valence-corrected chi connectivity index (χ1v) is 5.64. The van der Waals surface area contributed by atoms with E-state index in [-0.39, 0.29) is 35.4 Å². The maximum absolute atomic E-state index is 13.3. The topological polar surface area (TPSA) is 46.5 Å². The van der Waals surface area contributed by atoms with Crippen molar-refractivity contribution in [3.8, 4) is 5.75 Å². The number of rotatable bonds is 5. The van der Waals surface area contributed by atoms with Crippen LogP contribution in [0.1, 0.15) is 10.4 Å². The summed E-state index contributed by atoms with van der Waals surface area (Å²) in [7, 11) is 0. The van der Waals surface area contributed by atoms with Gasteiger partial charge in [-0.05, 0) is 30.0 Å². The molecule has 0 bridgehead atoms. The van der Waals surface area contributed by atoms with Crippen molar-refractivity contribution >= 4 is 17.7 Å². The molecule has 0 aliphatic rings. The second-order valence-corrected chi connectivity index (χ2v) is 4.25. The first-order chi connectivity index (χ1) is 8.29. The predicted molar refractivity (Wildman–Crippen MR) is 57.4 cm³/mol. The molecule has 0 heterocycles. The molecule has 100 valence electrons. The van der Waals surface area contributed by atoms with Crippen LogP contribution in [0.15, 0.2) is 18.2 Å². The van der Waals surface area contributed by atoms with E-state index < -0.39 is 17.3 Å². The molecule has 0 amide bonds. The minimum atomic E-state index is -4.35. The number of hydrogen-bond acceptors (Lipinski definition) is 3. The summed E-state index contributed by atoms with van der Waals surface area (Å²) >= 11 is -0.275. The molecule has 0 aromatic heterocycles. The van der Waals surface area contributed by atoms with Gasteiger partial charge in [-0.1, -0.05) is 0 Å². The Bertz CT molecular complexity index is 434. The van der Waals surface area contributed by atoms with Crippen LogP contribution >= 0.6 is 11.8 Å². The van der Waals surface area contributed by atoms with Crippen LogP contribution in [0.25, 0.3) is 0 Å². The molecule has 8 heteroatoms. The molecule has 1 aromatic carbocycles. The Balaban J connectivity index is 2.51. The van der Waals surface area contributed by atoms with E-state index in [1.165, 1.54) is 0 Å². The van der Waals surface area contributed by atoms with Crippen molar-refractivity contribution in [2.45, 2.75) is 5.51 Å². The zero-order chi connectivity index (χ0) is 13.8. The molecule has 0 unspecified atom stereocenters. The highest BCUT2D eigenvalue weighted by Gasteiger charge is 2.27. The van der Waals surface area contributed by atoms with E-state index >= 15 is 0 Å². The standard InChI is InChI=1S/C10H8F4O3S/c11-7-5-6(9(15)16)1-2-8(7)17-3-4-18-10(12,13)14/h1-2,5H,3-4H2,(H,15,16). The Morgan fingerprint density at radius 3 is 2.56 bits per heavy atom. The van der Waals surface area contributed by atoms with Gasteiger partial charge in [-0.2, -0.15) is 13.2 Å². The third-order valence-electron chi connectivity index (χ3n) is 1.79. The third-order valence-corrected chi connectivity index (χ3v) is 2.48. The SMILES string of the molecule is O=C(O)c1ccc(OCCSC(F)(F)F)c(F)c1. The summed E-state index contributed by atoms with van der Waals surface area (Å²) < 4.78 is 53.3. The zero-order valence-corrected chi connectivity index (χ0v) is 9.65. The molecule has 0 atom stereocenters. The number of ether oxygens (including phenoxy) is 1. The van der Waals surface area contributed by atoms with E-state index in [1.807, 2.05) is 0 Å². The van der Waals surface area contributed by atoms with Gasteiger partial charge in [0.25, 0.3) is 0 Å². The molecule has 0 aliphatic carbocycles. The average Bonchev–Trinajstić information content (AvgIpc) is 2.24. The van der Waals surface area contributed by atoms with Gasteiger partial charge in [-0.15, -0.1) is 0 Å². The van der Waals surface area contributed by atoms with Gasteiger partial charge in [-0.25, -0.2) is 9.18 Å². The first kappa shape index (κ1) is 14.6. The molecule has 0 aliphatic heterocycles. The van der Waals surface area contributed by atoms with Crippen LogP contribution in [0.3, 0.4) is 0 Å². The van der Waals surface area contributed by atoms with Crippen LogP contribution < -0.4 is 4.74 Å². The molecule has 1 N–H and O–H groups in total. The number of hydrogen-bond donors (Lipinski definition) is 1. The van der Waals surface area contributed by atoms with Crippen LogP contribution in [0.4, 0.5) is 17.6 Å². The largest absolute Gasteiger partial charge is 0.490 e. The molecule has 3 nitrogen and oxygen atoms in total. The highest BCUT2D eigenvalue weighted by molar-refractivity contribution is 8.00. The predicted octanol–water partition coefficient (Wildman–Crippen LogP) is 3.16. The quantitative estimate of drug-likeness (QED) is 0.666. The van der Waals surface area contributed by atoms with Crippen molar-refractivity contribution in [2.24, 2.45) is 0 Å². The molecular weight excluding hydrogens is 276 g/mol. The maximum Gasteiger partial charge on any atom is 0.441 e. The fraction of sp³-hybridized carbons (Fsp3) is 0.300. The lowest BCUT2D eigenvalue weighted by molar-refractivity contribution is -0.0329. The fourth-order valence-corrected chi connectivity index (χ4v) is 1.46. The molecular formula is C10H8F4O3S. The summed E-state index contributed by atoms with van der Waals surface area (Å²) in [6.45, 7) is -0.326. The number of alkyl halides is 3. The number of thioether (sulfide) groups is 1. The van der Waals surface area contributed by atoms with Crippen molar-refractivity contribution in [3.05, 3.63) is 29.6 Å². The van der Waals surface area contributed by atoms with E-state index in [0.717, 1.165) is 18.2 Å². The maximum atomic E-state index is 13.3. The highest BCUT2D eigenvalue weighted by Crippen LogP contribution is 2.30. The average molecular weight is 284 g/mol. The van der Waals surface area contributed by atoms with Crippen LogP contribution in [0.2, 0.25) is 0 Å². The van der Waals surface area contributed by atoms with Gasteiger partial charge in [0, 0.05) is 5.75 Å². The lowest BCUT2D eigenvalue weighted by Gasteiger charge is -2.08. The van der Waals surface area contributed by atoms with Crippen molar-refractivity contribution in [2.75, 3.05) is 12.4 Å². The van der Waals surface area contributed by atoms with Gasteiger partial charge < -0.3 is 9.84 Å². The first-order valence-electron chi connectivity index (χ1n) is 4.66. The minimum Gasteiger partial charge on any atom is -0.490 e. The summed E-state index contributed by atoms with van der Waals surface area (Å²) in [6.07, 6.45) is 0. The number of carboxylic acid groups (broad SMARTS) is 1. The third kappa shape index (κ3) is 4.82. The smallest absolute Gasteiger partial charge is 0.441 e. The second-order valence-electron chi connectivity index (χ2n) is 3.09. The Hall–Kier alpha value is -1.44. The number of carbonyl (C=O) groups is 1. The Kier molecular flexibility index (Phi) is 4.83. The van der Waals surface area contributed by atoms with E-state index in [2.05, 4.69) is 0 Å². The molecule has 0 saturated heterocycles. The molecule has 0 fully saturated rings. The summed E-state index contributed by atoms with van der Waals surface area (Å²) in [5, 5.41) is 8.57. The lowest BCUT2D eigenvalue weighted by atomic mass is 10.2. The fourth-order valence-electron chi connectivity index (χ4n) is 1.06.